The number of benzene rings is 2. The van der Waals surface area contributed by atoms with E-state index in [1.165, 1.54) is 6.08 Å². The minimum absolute atomic E-state index is 0.254. The van der Waals surface area contributed by atoms with Gasteiger partial charge in [0.2, 0.25) is 5.78 Å². The van der Waals surface area contributed by atoms with E-state index in [-0.39, 0.29) is 11.5 Å². The molecule has 0 atom stereocenters. The Morgan fingerprint density at radius 1 is 0.885 bits per heavy atom. The number of nitrogens with zero attached hydrogens (tertiary/aromatic N) is 1. The minimum atomic E-state index is -0.273. The van der Waals surface area contributed by atoms with Crippen LogP contribution in [0.15, 0.2) is 64.9 Å². The highest BCUT2D eigenvalue weighted by molar-refractivity contribution is 6.33. The number of carbonyl (C=O) groups excluding carboxylic acids is 1. The smallest absolute Gasteiger partial charge is 0.204 e. The van der Waals surface area contributed by atoms with Crippen LogP contribution >= 0.6 is 23.2 Å². The van der Waals surface area contributed by atoms with Gasteiger partial charge in [0.15, 0.2) is 0 Å². The summed E-state index contributed by atoms with van der Waals surface area (Å²) in [5.74, 6) is -0.273. The van der Waals surface area contributed by atoms with E-state index < -0.39 is 0 Å². The molecule has 0 heterocycles. The first-order valence-electron chi connectivity index (χ1n) is 7.53. The summed E-state index contributed by atoms with van der Waals surface area (Å²) in [4.78, 5) is 16.6. The van der Waals surface area contributed by atoms with E-state index in [1.807, 2.05) is 0 Å². The van der Waals surface area contributed by atoms with Crippen molar-refractivity contribution in [2.24, 2.45) is 10.7 Å². The molecule has 3 rings (SSSR count). The van der Waals surface area contributed by atoms with E-state index >= 15 is 0 Å². The zero-order valence-electron chi connectivity index (χ0n) is 13.5. The van der Waals surface area contributed by atoms with Gasteiger partial charge in [0, 0.05) is 11.8 Å². The molecule has 132 valence electrons. The first-order chi connectivity index (χ1) is 12.3. The van der Waals surface area contributed by atoms with Crippen molar-refractivity contribution in [3.05, 3.63) is 70.0 Å². The van der Waals surface area contributed by atoms with Gasteiger partial charge in [0.25, 0.3) is 0 Å². The molecule has 0 aliphatic heterocycles. The topological polar surface area (TPSA) is 120 Å². The van der Waals surface area contributed by atoms with Crippen LogP contribution in [0.25, 0.3) is 0 Å². The molecule has 0 radical (unpaired) electrons. The summed E-state index contributed by atoms with van der Waals surface area (Å²) >= 11 is 12.0. The lowest BCUT2D eigenvalue weighted by molar-refractivity contribution is -0.111. The number of carbonyl (C=O) groups is 1. The SMILES string of the molecule is NC1=CC(=O)C(Nc2ccc(N)c(Cl)c2)=CC1=Nc1ccc(N)c(Cl)c1. The Balaban J connectivity index is 1.93. The second-order valence-electron chi connectivity index (χ2n) is 5.59. The predicted molar refractivity (Wildman–Crippen MR) is 108 cm³/mol. The molecule has 2 aromatic rings. The molecular weight excluding hydrogens is 373 g/mol. The third-order valence-electron chi connectivity index (χ3n) is 3.64. The highest BCUT2D eigenvalue weighted by atomic mass is 35.5. The van der Waals surface area contributed by atoms with E-state index in [2.05, 4.69) is 10.3 Å². The number of aliphatic imine (C=N–C) groups is 1. The quantitative estimate of drug-likeness (QED) is 0.473. The summed E-state index contributed by atoms with van der Waals surface area (Å²) in [6.45, 7) is 0. The average Bonchev–Trinajstić information content (AvgIpc) is 2.58. The largest absolute Gasteiger partial charge is 0.398 e. The van der Waals surface area contributed by atoms with Crippen LogP contribution < -0.4 is 22.5 Å². The molecule has 0 saturated heterocycles. The molecule has 7 N–H and O–H groups in total. The van der Waals surface area contributed by atoms with Crippen LogP contribution in [0.2, 0.25) is 10.0 Å². The second-order valence-corrected chi connectivity index (χ2v) is 6.40. The van der Waals surface area contributed by atoms with Gasteiger partial charge in [-0.05, 0) is 42.5 Å². The van der Waals surface area contributed by atoms with Crippen molar-refractivity contribution in [2.75, 3.05) is 16.8 Å². The van der Waals surface area contributed by atoms with E-state index in [0.717, 1.165) is 0 Å². The number of nitrogens with one attached hydrogen (secondary N) is 1. The summed E-state index contributed by atoms with van der Waals surface area (Å²) in [7, 11) is 0. The Labute approximate surface area is 160 Å². The lowest BCUT2D eigenvalue weighted by Gasteiger charge is -2.15. The number of hydrogen-bond acceptors (Lipinski definition) is 6. The zero-order chi connectivity index (χ0) is 18.8. The van der Waals surface area contributed by atoms with Crippen molar-refractivity contribution in [1.82, 2.24) is 0 Å². The molecule has 26 heavy (non-hydrogen) atoms. The number of nitrogen functional groups attached to an aromatic ring is 2. The maximum absolute atomic E-state index is 12.2. The number of allylic oxidation sites excluding steroid dienone is 2. The molecule has 0 amide bonds. The lowest BCUT2D eigenvalue weighted by Crippen LogP contribution is -2.22. The van der Waals surface area contributed by atoms with Crippen LogP contribution in [0.1, 0.15) is 0 Å². The third kappa shape index (κ3) is 3.82. The van der Waals surface area contributed by atoms with E-state index in [9.17, 15) is 4.79 Å². The van der Waals surface area contributed by atoms with Crippen LogP contribution in [0.4, 0.5) is 22.7 Å². The standard InChI is InChI=1S/C18H15Cl2N5O/c19-11-5-9(1-3-13(11)21)24-16-8-17(18(26)7-15(16)23)25-10-2-4-14(22)12(20)6-10/h1-8,25H,21-23H2. The summed E-state index contributed by atoms with van der Waals surface area (Å²) < 4.78 is 0. The first kappa shape index (κ1) is 17.8. The van der Waals surface area contributed by atoms with Gasteiger partial charge < -0.3 is 22.5 Å². The number of rotatable bonds is 3. The highest BCUT2D eigenvalue weighted by Crippen LogP contribution is 2.27. The number of ketones is 1. The number of halogens is 2. The molecule has 0 fully saturated rings. The van der Waals surface area contributed by atoms with Gasteiger partial charge in [0.05, 0.1) is 44.2 Å². The molecule has 1 aliphatic carbocycles. The van der Waals surface area contributed by atoms with Crippen molar-refractivity contribution in [3.8, 4) is 0 Å². The molecule has 8 heteroatoms. The van der Waals surface area contributed by atoms with Crippen molar-refractivity contribution >= 4 is 57.4 Å². The maximum atomic E-state index is 12.2. The van der Waals surface area contributed by atoms with Crippen molar-refractivity contribution in [3.63, 3.8) is 0 Å². The molecule has 6 nitrogen and oxygen atoms in total. The van der Waals surface area contributed by atoms with Crippen molar-refractivity contribution < 1.29 is 4.79 Å². The van der Waals surface area contributed by atoms with Crippen LogP contribution in [-0.2, 0) is 4.79 Å². The van der Waals surface area contributed by atoms with Gasteiger partial charge >= 0.3 is 0 Å². The Hall–Kier alpha value is -2.96. The molecule has 1 aliphatic rings. The van der Waals surface area contributed by atoms with Gasteiger partial charge in [0.1, 0.15) is 0 Å². The normalized spacial score (nSPS) is 15.6. The third-order valence-corrected chi connectivity index (χ3v) is 4.30. The Kier molecular flexibility index (Phi) is 4.88. The average molecular weight is 388 g/mol. The van der Waals surface area contributed by atoms with E-state index in [4.69, 9.17) is 40.4 Å². The minimum Gasteiger partial charge on any atom is -0.398 e. The summed E-state index contributed by atoms with van der Waals surface area (Å²) in [6, 6.07) is 9.96. The molecule has 0 aromatic heterocycles. The molecule has 2 aromatic carbocycles. The maximum Gasteiger partial charge on any atom is 0.204 e. The van der Waals surface area contributed by atoms with Gasteiger partial charge in [-0.1, -0.05) is 23.2 Å². The van der Waals surface area contributed by atoms with Crippen molar-refractivity contribution in [1.29, 1.82) is 0 Å². The number of nitrogens with two attached hydrogens (primary N) is 3. The monoisotopic (exact) mass is 387 g/mol. The Morgan fingerprint density at radius 3 is 2.19 bits per heavy atom. The Morgan fingerprint density at radius 2 is 1.54 bits per heavy atom. The molecular formula is C18H15Cl2N5O. The second kappa shape index (κ2) is 7.11. The van der Waals surface area contributed by atoms with Gasteiger partial charge in [-0.25, -0.2) is 4.99 Å². The van der Waals surface area contributed by atoms with Crippen LogP contribution in [0.3, 0.4) is 0 Å². The first-order valence-corrected chi connectivity index (χ1v) is 8.28. The molecule has 0 unspecified atom stereocenters. The fourth-order valence-electron chi connectivity index (χ4n) is 2.26. The summed E-state index contributed by atoms with van der Waals surface area (Å²) in [5, 5.41) is 3.78. The van der Waals surface area contributed by atoms with E-state index in [0.29, 0.717) is 44.2 Å². The fourth-order valence-corrected chi connectivity index (χ4v) is 2.62. The molecule has 0 spiro atoms. The van der Waals surface area contributed by atoms with Gasteiger partial charge in [-0.2, -0.15) is 0 Å². The zero-order valence-corrected chi connectivity index (χ0v) is 15.0. The van der Waals surface area contributed by atoms with Crippen LogP contribution in [0.5, 0.6) is 0 Å². The van der Waals surface area contributed by atoms with Crippen LogP contribution in [-0.4, -0.2) is 11.5 Å². The van der Waals surface area contributed by atoms with Crippen molar-refractivity contribution in [2.45, 2.75) is 0 Å². The summed E-state index contributed by atoms with van der Waals surface area (Å²) in [6.07, 6.45) is 2.87. The van der Waals surface area contributed by atoms with Crippen LogP contribution in [0, 0.1) is 0 Å². The number of anilines is 3. The van der Waals surface area contributed by atoms with E-state index in [1.54, 1.807) is 42.5 Å². The fraction of sp³-hybridized carbons (Fsp3) is 0. The Bertz CT molecular complexity index is 995. The molecule has 0 bridgehead atoms. The molecule has 0 saturated carbocycles. The van der Waals surface area contributed by atoms with Gasteiger partial charge in [-0.3, -0.25) is 4.79 Å². The number of hydrogen-bond donors (Lipinski definition) is 4. The predicted octanol–water partition coefficient (Wildman–Crippen LogP) is 3.65. The summed E-state index contributed by atoms with van der Waals surface area (Å²) in [5.41, 5.74) is 20.4. The lowest BCUT2D eigenvalue weighted by atomic mass is 10.1. The van der Waals surface area contributed by atoms with Gasteiger partial charge in [-0.15, -0.1) is 0 Å². The highest BCUT2D eigenvalue weighted by Gasteiger charge is 2.17.